The molecule has 1 N–H and O–H groups in total. The smallest absolute Gasteiger partial charge is 0.0279 e. The summed E-state index contributed by atoms with van der Waals surface area (Å²) < 4.78 is 0. The number of hydrogen-bond acceptors (Lipinski definition) is 1. The van der Waals surface area contributed by atoms with Gasteiger partial charge >= 0.3 is 0 Å². The summed E-state index contributed by atoms with van der Waals surface area (Å²) in [7, 11) is 0. The molecule has 1 nitrogen and oxygen atoms in total. The fourth-order valence-corrected chi connectivity index (χ4v) is 0.250. The quantitative estimate of drug-likeness (QED) is 0.465. The second-order valence-corrected chi connectivity index (χ2v) is 1.18. The zero-order valence-corrected chi connectivity index (χ0v) is 4.15. The summed E-state index contributed by atoms with van der Waals surface area (Å²) in [5.41, 5.74) is 0.609. The molecule has 0 fully saturated rings. The Balaban J connectivity index is 3.30. The lowest BCUT2D eigenvalue weighted by Crippen LogP contribution is -1.74. The van der Waals surface area contributed by atoms with Crippen LogP contribution in [0, 0.1) is 5.41 Å². The van der Waals surface area contributed by atoms with Crippen molar-refractivity contribution in [2.24, 2.45) is 0 Å². The molecule has 0 bridgehead atoms. The summed E-state index contributed by atoms with van der Waals surface area (Å²) in [6.45, 7) is 3.65. The Labute approximate surface area is 38.2 Å². The molecule has 0 aromatic rings. The van der Waals surface area contributed by atoms with E-state index in [0.717, 1.165) is 0 Å². The van der Waals surface area contributed by atoms with Crippen molar-refractivity contribution in [2.75, 3.05) is 0 Å². The van der Waals surface area contributed by atoms with E-state index >= 15 is 0 Å². The summed E-state index contributed by atoms with van der Waals surface area (Å²) in [4.78, 5) is 0. The minimum atomic E-state index is 0.609. The highest BCUT2D eigenvalue weighted by molar-refractivity contribution is 5.89. The third-order valence-corrected chi connectivity index (χ3v) is 0.417. The van der Waals surface area contributed by atoms with E-state index < -0.39 is 0 Å². The van der Waals surface area contributed by atoms with Crippen LogP contribution in [-0.4, -0.2) is 5.71 Å². The summed E-state index contributed by atoms with van der Waals surface area (Å²) in [5.74, 6) is 0. The first-order valence-electron chi connectivity index (χ1n) is 1.95. The molecule has 0 heterocycles. The summed E-state index contributed by atoms with van der Waals surface area (Å²) >= 11 is 0. The number of rotatable bonds is 1. The minimum absolute atomic E-state index is 0.609. The van der Waals surface area contributed by atoms with Crippen LogP contribution in [0.15, 0.2) is 12.2 Å². The lowest BCUT2D eigenvalue weighted by Gasteiger charge is -1.73. The zero-order chi connectivity index (χ0) is 4.99. The Morgan fingerprint density at radius 1 is 1.67 bits per heavy atom. The van der Waals surface area contributed by atoms with Gasteiger partial charge in [-0.25, -0.2) is 0 Å². The van der Waals surface area contributed by atoms with E-state index in [2.05, 4.69) is 0 Å². The molecule has 0 aliphatic carbocycles. The van der Waals surface area contributed by atoms with Gasteiger partial charge in [0.1, 0.15) is 0 Å². The Morgan fingerprint density at radius 2 is 2.17 bits per heavy atom. The number of hydrogen-bond donors (Lipinski definition) is 1. The van der Waals surface area contributed by atoms with Crippen molar-refractivity contribution < 1.29 is 0 Å². The molecule has 0 spiro atoms. The second kappa shape index (κ2) is 2.64. The fourth-order valence-electron chi connectivity index (χ4n) is 0.250. The molecule has 1 heteroatoms. The third kappa shape index (κ3) is 3.41. The lowest BCUT2D eigenvalue weighted by atomic mass is 10.4. The largest absolute Gasteiger partial charge is 0.306 e. The summed E-state index contributed by atoms with van der Waals surface area (Å²) in [6.07, 6.45) is 3.60. The molecule has 0 unspecified atom stereocenters. The number of nitrogens with one attached hydrogen (secondary N) is 1. The highest BCUT2D eigenvalue weighted by atomic mass is 14.4. The van der Waals surface area contributed by atoms with Gasteiger partial charge < -0.3 is 5.41 Å². The van der Waals surface area contributed by atoms with Crippen molar-refractivity contribution >= 4 is 5.71 Å². The topological polar surface area (TPSA) is 23.9 Å². The highest BCUT2D eigenvalue weighted by Gasteiger charge is 1.66. The van der Waals surface area contributed by atoms with Gasteiger partial charge in [-0.2, -0.15) is 0 Å². The van der Waals surface area contributed by atoms with E-state index in [1.165, 1.54) is 0 Å². The monoisotopic (exact) mass is 83.1 g/mol. The average molecular weight is 83.1 g/mol. The summed E-state index contributed by atoms with van der Waals surface area (Å²) in [5, 5.41) is 6.81. The fraction of sp³-hybridized carbons (Fsp3) is 0.400. The van der Waals surface area contributed by atoms with Crippen LogP contribution in [-0.2, 0) is 0 Å². The molecule has 0 atom stereocenters. The van der Waals surface area contributed by atoms with Gasteiger partial charge in [0.05, 0.1) is 0 Å². The molecule has 0 radical (unpaired) electrons. The Morgan fingerprint density at radius 3 is 2.17 bits per heavy atom. The van der Waals surface area contributed by atoms with Gasteiger partial charge in [-0.1, -0.05) is 6.08 Å². The van der Waals surface area contributed by atoms with Gasteiger partial charge in [-0.15, -0.1) is 0 Å². The van der Waals surface area contributed by atoms with Crippen molar-refractivity contribution in [3.63, 3.8) is 0 Å². The van der Waals surface area contributed by atoms with Crippen molar-refractivity contribution in [1.82, 2.24) is 0 Å². The molecule has 34 valence electrons. The van der Waals surface area contributed by atoms with E-state index in [4.69, 9.17) is 5.41 Å². The normalized spacial score (nSPS) is 9.67. The van der Waals surface area contributed by atoms with Crippen LogP contribution in [0.4, 0.5) is 0 Å². The summed E-state index contributed by atoms with van der Waals surface area (Å²) in [6, 6.07) is 0. The van der Waals surface area contributed by atoms with E-state index in [1.807, 2.05) is 13.0 Å². The van der Waals surface area contributed by atoms with Crippen molar-refractivity contribution in [2.45, 2.75) is 13.8 Å². The molecule has 0 saturated heterocycles. The molecule has 0 rings (SSSR count). The van der Waals surface area contributed by atoms with Crippen LogP contribution in [0.25, 0.3) is 0 Å². The van der Waals surface area contributed by atoms with Gasteiger partial charge in [0.15, 0.2) is 0 Å². The standard InChI is InChI=1S/C5H9N/c1-3-4-5(2)6/h3-4,6H,1-2H3. The van der Waals surface area contributed by atoms with E-state index in [9.17, 15) is 0 Å². The van der Waals surface area contributed by atoms with Crippen LogP contribution in [0.5, 0.6) is 0 Å². The average Bonchev–Trinajstić information content (AvgIpc) is 1.35. The highest BCUT2D eigenvalue weighted by Crippen LogP contribution is 1.70. The van der Waals surface area contributed by atoms with Crippen LogP contribution in [0.1, 0.15) is 13.8 Å². The van der Waals surface area contributed by atoms with Crippen LogP contribution >= 0.6 is 0 Å². The van der Waals surface area contributed by atoms with Crippen molar-refractivity contribution in [1.29, 1.82) is 5.41 Å². The van der Waals surface area contributed by atoms with Crippen molar-refractivity contribution in [3.8, 4) is 0 Å². The number of allylic oxidation sites excluding steroid dienone is 2. The molecule has 0 aromatic heterocycles. The van der Waals surface area contributed by atoms with Gasteiger partial charge in [-0.3, -0.25) is 0 Å². The molecule has 0 amide bonds. The Hall–Kier alpha value is -0.590. The molecule has 6 heavy (non-hydrogen) atoms. The minimum Gasteiger partial charge on any atom is -0.306 e. The first kappa shape index (κ1) is 5.41. The zero-order valence-electron chi connectivity index (χ0n) is 4.15. The maximum atomic E-state index is 6.81. The second-order valence-electron chi connectivity index (χ2n) is 1.18. The van der Waals surface area contributed by atoms with E-state index in [0.29, 0.717) is 5.71 Å². The van der Waals surface area contributed by atoms with Gasteiger partial charge in [0, 0.05) is 5.71 Å². The SMILES string of the molecule is CC=CC(C)=N. The predicted octanol–water partition coefficient (Wildman–Crippen LogP) is 1.60. The lowest BCUT2D eigenvalue weighted by molar-refractivity contribution is 1.49. The first-order valence-corrected chi connectivity index (χ1v) is 1.95. The Bertz CT molecular complexity index is 72.0. The molecular formula is C5H9N. The van der Waals surface area contributed by atoms with E-state index in [-0.39, 0.29) is 0 Å². The first-order chi connectivity index (χ1) is 2.77. The maximum absolute atomic E-state index is 6.81. The van der Waals surface area contributed by atoms with Crippen LogP contribution < -0.4 is 0 Å². The Kier molecular flexibility index (Phi) is 2.38. The molecule has 0 aliphatic heterocycles. The molecule has 0 aromatic carbocycles. The van der Waals surface area contributed by atoms with Crippen LogP contribution in [0.3, 0.4) is 0 Å². The van der Waals surface area contributed by atoms with Gasteiger partial charge in [0.2, 0.25) is 0 Å². The van der Waals surface area contributed by atoms with Gasteiger partial charge in [0.25, 0.3) is 0 Å². The molecule has 0 saturated carbocycles. The van der Waals surface area contributed by atoms with E-state index in [1.54, 1.807) is 13.0 Å². The van der Waals surface area contributed by atoms with Gasteiger partial charge in [-0.05, 0) is 19.9 Å². The molecular weight excluding hydrogens is 74.1 g/mol. The predicted molar refractivity (Wildman–Crippen MR) is 28.2 cm³/mol. The van der Waals surface area contributed by atoms with Crippen LogP contribution in [0.2, 0.25) is 0 Å². The maximum Gasteiger partial charge on any atom is 0.0279 e. The third-order valence-electron chi connectivity index (χ3n) is 0.417. The molecule has 0 aliphatic rings. The van der Waals surface area contributed by atoms with Crippen molar-refractivity contribution in [3.05, 3.63) is 12.2 Å².